The first-order chi connectivity index (χ1) is 9.33. The molecule has 0 aromatic carbocycles. The molecule has 0 unspecified atom stereocenters. The number of fused-ring (bicyclic) bond motifs is 1. The van der Waals surface area contributed by atoms with Crippen LogP contribution in [-0.4, -0.2) is 45.9 Å². The maximum absolute atomic E-state index is 12.1. The highest BCUT2D eigenvalue weighted by Gasteiger charge is 2.34. The van der Waals surface area contributed by atoms with E-state index in [-0.39, 0.29) is 5.91 Å². The molecule has 1 N–H and O–H groups in total. The number of nitrogens with one attached hydrogen (secondary N) is 1. The molecule has 1 amide bonds. The Morgan fingerprint density at radius 3 is 3.21 bits per heavy atom. The molecule has 2 aliphatic rings. The normalized spacial score (nSPS) is 27.8. The molecule has 1 saturated carbocycles. The molecule has 4 nitrogen and oxygen atoms in total. The van der Waals surface area contributed by atoms with Crippen LogP contribution in [0.2, 0.25) is 0 Å². The first kappa shape index (κ1) is 13.4. The van der Waals surface area contributed by atoms with Crippen LogP contribution in [0.5, 0.6) is 0 Å². The molecule has 1 saturated heterocycles. The van der Waals surface area contributed by atoms with Gasteiger partial charge in [-0.25, -0.2) is 4.98 Å². The number of anilines is 1. The first-order valence-electron chi connectivity index (χ1n) is 6.88. The average Bonchev–Trinajstić information content (AvgIpc) is 2.92. The molecule has 0 spiro atoms. The minimum Gasteiger partial charge on any atom is -0.301 e. The van der Waals surface area contributed by atoms with E-state index in [0.717, 1.165) is 17.5 Å². The monoisotopic (exact) mass is 297 g/mol. The highest BCUT2D eigenvalue weighted by atomic mass is 32.2. The number of aromatic nitrogens is 1. The number of carbonyl (C=O) groups excluding carboxylic acids is 1. The number of hydrogen-bond donors (Lipinski definition) is 1. The van der Waals surface area contributed by atoms with Crippen molar-refractivity contribution in [2.45, 2.75) is 37.0 Å². The number of carbonyl (C=O) groups is 1. The van der Waals surface area contributed by atoms with E-state index >= 15 is 0 Å². The Balaban J connectivity index is 1.57. The van der Waals surface area contributed by atoms with Crippen LogP contribution in [0.25, 0.3) is 0 Å². The van der Waals surface area contributed by atoms with E-state index in [1.54, 1.807) is 6.20 Å². The smallest absolute Gasteiger partial charge is 0.240 e. The maximum Gasteiger partial charge on any atom is 0.240 e. The van der Waals surface area contributed by atoms with Crippen LogP contribution in [0.3, 0.4) is 0 Å². The molecule has 2 heterocycles. The Bertz CT molecular complexity index is 422. The van der Waals surface area contributed by atoms with E-state index < -0.39 is 0 Å². The summed E-state index contributed by atoms with van der Waals surface area (Å²) in [5.74, 6) is 1.23. The van der Waals surface area contributed by atoms with Gasteiger partial charge in [0, 0.05) is 35.2 Å². The van der Waals surface area contributed by atoms with E-state index in [1.165, 1.54) is 37.0 Å². The lowest BCUT2D eigenvalue weighted by molar-refractivity contribution is -0.118. The number of amides is 1. The second-order valence-corrected chi connectivity index (χ2v) is 7.36. The lowest BCUT2D eigenvalue weighted by Gasteiger charge is -2.43. The molecule has 2 atom stereocenters. The predicted octanol–water partition coefficient (Wildman–Crippen LogP) is 2.44. The molecule has 6 heteroatoms. The minimum atomic E-state index is 0.0752. The molecule has 3 rings (SSSR count). The van der Waals surface area contributed by atoms with Gasteiger partial charge in [-0.3, -0.25) is 9.69 Å². The fourth-order valence-electron chi connectivity index (χ4n) is 3.00. The van der Waals surface area contributed by atoms with Crippen LogP contribution < -0.4 is 5.32 Å². The van der Waals surface area contributed by atoms with E-state index in [0.29, 0.717) is 17.7 Å². The number of thioether (sulfide) groups is 1. The van der Waals surface area contributed by atoms with Gasteiger partial charge in [0.05, 0.1) is 6.54 Å². The third kappa shape index (κ3) is 3.30. The summed E-state index contributed by atoms with van der Waals surface area (Å²) in [6, 6.07) is 0.606. The van der Waals surface area contributed by atoms with Crippen molar-refractivity contribution >= 4 is 34.1 Å². The summed E-state index contributed by atoms with van der Waals surface area (Å²) < 4.78 is 0. The zero-order chi connectivity index (χ0) is 13.1. The number of rotatable bonds is 3. The van der Waals surface area contributed by atoms with Gasteiger partial charge in [-0.2, -0.15) is 11.8 Å². The van der Waals surface area contributed by atoms with Crippen molar-refractivity contribution in [3.63, 3.8) is 0 Å². The van der Waals surface area contributed by atoms with Crippen LogP contribution in [0.1, 0.15) is 25.7 Å². The highest BCUT2D eigenvalue weighted by Crippen LogP contribution is 2.35. The highest BCUT2D eigenvalue weighted by molar-refractivity contribution is 8.00. The van der Waals surface area contributed by atoms with Crippen molar-refractivity contribution in [1.29, 1.82) is 0 Å². The van der Waals surface area contributed by atoms with Gasteiger partial charge >= 0.3 is 0 Å². The second-order valence-electron chi connectivity index (χ2n) is 5.12. The van der Waals surface area contributed by atoms with E-state index in [2.05, 4.69) is 27.0 Å². The van der Waals surface area contributed by atoms with E-state index in [4.69, 9.17) is 0 Å². The number of hydrogen-bond acceptors (Lipinski definition) is 5. The Labute approximate surface area is 122 Å². The van der Waals surface area contributed by atoms with Crippen LogP contribution in [-0.2, 0) is 4.79 Å². The van der Waals surface area contributed by atoms with Crippen LogP contribution in [0, 0.1) is 0 Å². The molecular formula is C13H19N3OS2. The first-order valence-corrected chi connectivity index (χ1v) is 8.81. The SMILES string of the molecule is O=C(CN1CCS[C@@H]2CCCC[C@H]21)Nc1nccs1. The Morgan fingerprint density at radius 2 is 2.37 bits per heavy atom. The van der Waals surface area contributed by atoms with Gasteiger partial charge in [0.1, 0.15) is 0 Å². The van der Waals surface area contributed by atoms with Crippen LogP contribution in [0.15, 0.2) is 11.6 Å². The zero-order valence-corrected chi connectivity index (χ0v) is 12.5. The molecule has 1 aromatic rings. The van der Waals surface area contributed by atoms with Crippen molar-refractivity contribution in [3.05, 3.63) is 11.6 Å². The summed E-state index contributed by atoms with van der Waals surface area (Å²) >= 11 is 3.57. The third-order valence-corrected chi connectivity index (χ3v) is 5.96. The van der Waals surface area contributed by atoms with Gasteiger partial charge in [-0.15, -0.1) is 11.3 Å². The molecule has 0 radical (unpaired) electrons. The third-order valence-electron chi connectivity index (χ3n) is 3.87. The standard InChI is InChI=1S/C13H19N3OS2/c17-12(15-13-14-5-7-19-13)9-16-6-8-18-11-4-2-1-3-10(11)16/h5,7,10-11H,1-4,6,8-9H2,(H,14,15,17)/t10-,11-/m1/s1. The summed E-state index contributed by atoms with van der Waals surface area (Å²) in [7, 11) is 0. The molecule has 1 aromatic heterocycles. The summed E-state index contributed by atoms with van der Waals surface area (Å²) in [4.78, 5) is 18.5. The van der Waals surface area contributed by atoms with Gasteiger partial charge in [0.15, 0.2) is 5.13 Å². The largest absolute Gasteiger partial charge is 0.301 e. The van der Waals surface area contributed by atoms with E-state index in [9.17, 15) is 4.79 Å². The lowest BCUT2D eigenvalue weighted by atomic mass is 9.93. The van der Waals surface area contributed by atoms with Crippen molar-refractivity contribution in [2.75, 3.05) is 24.2 Å². The topological polar surface area (TPSA) is 45.2 Å². The van der Waals surface area contributed by atoms with Gasteiger partial charge in [-0.05, 0) is 12.8 Å². The fourth-order valence-corrected chi connectivity index (χ4v) is 5.05. The summed E-state index contributed by atoms with van der Waals surface area (Å²) in [5, 5.41) is 6.21. The van der Waals surface area contributed by atoms with Crippen LogP contribution >= 0.6 is 23.1 Å². The maximum atomic E-state index is 12.1. The predicted molar refractivity (Wildman–Crippen MR) is 80.8 cm³/mol. The number of nitrogens with zero attached hydrogens (tertiary/aromatic N) is 2. The summed E-state index contributed by atoms with van der Waals surface area (Å²) in [5.41, 5.74) is 0. The Morgan fingerprint density at radius 1 is 1.47 bits per heavy atom. The van der Waals surface area contributed by atoms with Gasteiger partial charge in [-0.1, -0.05) is 12.8 Å². The molecule has 2 fully saturated rings. The molecule has 0 bridgehead atoms. The van der Waals surface area contributed by atoms with Crippen molar-refractivity contribution in [3.8, 4) is 0 Å². The zero-order valence-electron chi connectivity index (χ0n) is 10.9. The Kier molecular flexibility index (Phi) is 4.40. The van der Waals surface area contributed by atoms with Crippen molar-refractivity contribution in [1.82, 2.24) is 9.88 Å². The summed E-state index contributed by atoms with van der Waals surface area (Å²) in [6.07, 6.45) is 6.96. The van der Waals surface area contributed by atoms with Crippen LogP contribution in [0.4, 0.5) is 5.13 Å². The molecule has 1 aliphatic heterocycles. The molecule has 19 heavy (non-hydrogen) atoms. The quantitative estimate of drug-likeness (QED) is 0.931. The van der Waals surface area contributed by atoms with Gasteiger partial charge < -0.3 is 5.32 Å². The number of thiazole rings is 1. The van der Waals surface area contributed by atoms with Gasteiger partial charge in [0.25, 0.3) is 0 Å². The van der Waals surface area contributed by atoms with Crippen molar-refractivity contribution in [2.24, 2.45) is 0 Å². The second kappa shape index (κ2) is 6.24. The summed E-state index contributed by atoms with van der Waals surface area (Å²) in [6.45, 7) is 1.55. The van der Waals surface area contributed by atoms with Gasteiger partial charge in [0.2, 0.25) is 5.91 Å². The molecule has 1 aliphatic carbocycles. The van der Waals surface area contributed by atoms with Crippen molar-refractivity contribution < 1.29 is 4.79 Å². The molecular weight excluding hydrogens is 278 g/mol. The lowest BCUT2D eigenvalue weighted by Crippen LogP contribution is -2.51. The van der Waals surface area contributed by atoms with E-state index in [1.807, 2.05) is 5.38 Å². The molecule has 104 valence electrons. The average molecular weight is 297 g/mol. The fraction of sp³-hybridized carbons (Fsp3) is 0.692. The Hall–Kier alpha value is -0.590. The minimum absolute atomic E-state index is 0.0752.